The smallest absolute Gasteiger partial charge is 0.338 e. The van der Waals surface area contributed by atoms with Gasteiger partial charge in [-0.2, -0.15) is 4.31 Å². The maximum absolute atomic E-state index is 12.6. The van der Waals surface area contributed by atoms with Crippen LogP contribution in [0.1, 0.15) is 23.2 Å². The molecule has 0 unspecified atom stereocenters. The van der Waals surface area contributed by atoms with Gasteiger partial charge in [0.25, 0.3) is 5.91 Å². The summed E-state index contributed by atoms with van der Waals surface area (Å²) in [5.41, 5.74) is 0.408. The lowest BCUT2D eigenvalue weighted by Crippen LogP contribution is -2.28. The van der Waals surface area contributed by atoms with E-state index < -0.39 is 28.5 Å². The standard InChI is InChI=1S/C19H18Cl2N2O5S/c20-14-9-15(21)11-16(10-14)22-18(24)12-28-19(25)13-4-3-5-17(8-13)29(26,27)23-6-1-2-7-23/h3-5,8-11H,1-2,6-7,12H2,(H,22,24). The predicted molar refractivity (Wildman–Crippen MR) is 110 cm³/mol. The van der Waals surface area contributed by atoms with Crippen LogP contribution < -0.4 is 5.32 Å². The lowest BCUT2D eigenvalue weighted by atomic mass is 10.2. The van der Waals surface area contributed by atoms with Crippen LogP contribution in [0.3, 0.4) is 0 Å². The van der Waals surface area contributed by atoms with E-state index in [0.717, 1.165) is 12.8 Å². The van der Waals surface area contributed by atoms with Crippen molar-refractivity contribution in [3.05, 3.63) is 58.1 Å². The molecule has 7 nitrogen and oxygen atoms in total. The van der Waals surface area contributed by atoms with Gasteiger partial charge in [-0.3, -0.25) is 4.79 Å². The van der Waals surface area contributed by atoms with Crippen LogP contribution >= 0.6 is 23.2 Å². The minimum absolute atomic E-state index is 0.0203. The number of anilines is 1. The van der Waals surface area contributed by atoms with Gasteiger partial charge in [-0.15, -0.1) is 0 Å². The van der Waals surface area contributed by atoms with E-state index in [1.807, 2.05) is 0 Å². The second-order valence-corrected chi connectivity index (χ2v) is 9.23. The van der Waals surface area contributed by atoms with Gasteiger partial charge in [0.1, 0.15) is 0 Å². The number of benzene rings is 2. The Balaban J connectivity index is 1.63. The van der Waals surface area contributed by atoms with Crippen molar-refractivity contribution in [2.75, 3.05) is 25.0 Å². The highest BCUT2D eigenvalue weighted by Crippen LogP contribution is 2.23. The Bertz CT molecular complexity index is 1020. The highest BCUT2D eigenvalue weighted by atomic mass is 35.5. The molecule has 0 radical (unpaired) electrons. The van der Waals surface area contributed by atoms with Crippen LogP contribution in [-0.4, -0.2) is 44.3 Å². The van der Waals surface area contributed by atoms with Gasteiger partial charge in [-0.1, -0.05) is 29.3 Å². The Morgan fingerprint density at radius 1 is 1.03 bits per heavy atom. The Kier molecular flexibility index (Phi) is 6.79. The number of amides is 1. The third kappa shape index (κ3) is 5.48. The summed E-state index contributed by atoms with van der Waals surface area (Å²) >= 11 is 11.7. The fraction of sp³-hybridized carbons (Fsp3) is 0.263. The molecule has 2 aromatic rings. The average Bonchev–Trinajstić information content (AvgIpc) is 3.21. The van der Waals surface area contributed by atoms with Crippen LogP contribution in [0.5, 0.6) is 0 Å². The zero-order chi connectivity index (χ0) is 21.0. The van der Waals surface area contributed by atoms with Crippen LogP contribution in [0.25, 0.3) is 0 Å². The highest BCUT2D eigenvalue weighted by Gasteiger charge is 2.27. The van der Waals surface area contributed by atoms with Gasteiger partial charge >= 0.3 is 5.97 Å². The van der Waals surface area contributed by atoms with Crippen LogP contribution in [-0.2, 0) is 19.6 Å². The van der Waals surface area contributed by atoms with E-state index in [2.05, 4.69) is 5.32 Å². The molecule has 0 aliphatic carbocycles. The molecule has 1 saturated heterocycles. The number of nitrogens with one attached hydrogen (secondary N) is 1. The SMILES string of the molecule is O=C(COC(=O)c1cccc(S(=O)(=O)N2CCCC2)c1)Nc1cc(Cl)cc(Cl)c1. The number of rotatable bonds is 6. The molecule has 10 heteroatoms. The summed E-state index contributed by atoms with van der Waals surface area (Å²) < 4.78 is 31.6. The summed E-state index contributed by atoms with van der Waals surface area (Å²) in [5, 5.41) is 3.21. The van der Waals surface area contributed by atoms with Crippen molar-refractivity contribution in [2.45, 2.75) is 17.7 Å². The minimum Gasteiger partial charge on any atom is -0.452 e. The van der Waals surface area contributed by atoms with Gasteiger partial charge in [0.2, 0.25) is 10.0 Å². The van der Waals surface area contributed by atoms with E-state index in [9.17, 15) is 18.0 Å². The summed E-state index contributed by atoms with van der Waals surface area (Å²) in [4.78, 5) is 24.3. The lowest BCUT2D eigenvalue weighted by molar-refractivity contribution is -0.119. The summed E-state index contributed by atoms with van der Waals surface area (Å²) in [5.74, 6) is -1.39. The second kappa shape index (κ2) is 9.13. The zero-order valence-electron chi connectivity index (χ0n) is 15.2. The number of carbonyl (C=O) groups is 2. The van der Waals surface area contributed by atoms with Gasteiger partial charge in [0.05, 0.1) is 10.5 Å². The molecule has 1 aliphatic heterocycles. The van der Waals surface area contributed by atoms with Crippen molar-refractivity contribution >= 4 is 50.8 Å². The van der Waals surface area contributed by atoms with Crippen molar-refractivity contribution in [3.8, 4) is 0 Å². The number of ether oxygens (including phenoxy) is 1. The highest BCUT2D eigenvalue weighted by molar-refractivity contribution is 7.89. The Hall–Kier alpha value is -2.13. The molecule has 1 aliphatic rings. The number of esters is 1. The van der Waals surface area contributed by atoms with E-state index in [-0.39, 0.29) is 10.5 Å². The molecule has 3 rings (SSSR count). The molecule has 1 amide bonds. The number of sulfonamides is 1. The maximum atomic E-state index is 12.6. The molecular formula is C19H18Cl2N2O5S. The Labute approximate surface area is 178 Å². The predicted octanol–water partition coefficient (Wildman–Crippen LogP) is 3.57. The molecule has 154 valence electrons. The van der Waals surface area contributed by atoms with E-state index in [0.29, 0.717) is 28.8 Å². The van der Waals surface area contributed by atoms with Gasteiger partial charge < -0.3 is 10.1 Å². The second-order valence-electron chi connectivity index (χ2n) is 6.42. The van der Waals surface area contributed by atoms with Crippen molar-refractivity contribution in [1.82, 2.24) is 4.31 Å². The van der Waals surface area contributed by atoms with Gasteiger partial charge in [0.15, 0.2) is 6.61 Å². The molecule has 0 bridgehead atoms. The maximum Gasteiger partial charge on any atom is 0.338 e. The molecule has 0 spiro atoms. The van der Waals surface area contributed by atoms with Crippen molar-refractivity contribution in [3.63, 3.8) is 0 Å². The monoisotopic (exact) mass is 456 g/mol. The Morgan fingerprint density at radius 2 is 1.69 bits per heavy atom. The van der Waals surface area contributed by atoms with Crippen molar-refractivity contribution in [2.24, 2.45) is 0 Å². The summed E-state index contributed by atoms with van der Waals surface area (Å²) in [7, 11) is -3.65. The number of hydrogen-bond donors (Lipinski definition) is 1. The molecule has 0 aromatic heterocycles. The fourth-order valence-electron chi connectivity index (χ4n) is 2.90. The first-order valence-electron chi connectivity index (χ1n) is 8.79. The van der Waals surface area contributed by atoms with Crippen LogP contribution in [0.15, 0.2) is 47.4 Å². The van der Waals surface area contributed by atoms with E-state index in [1.165, 1.54) is 46.8 Å². The summed E-state index contributed by atoms with van der Waals surface area (Å²) in [6.45, 7) is 0.376. The third-order valence-electron chi connectivity index (χ3n) is 4.25. The summed E-state index contributed by atoms with van der Waals surface area (Å²) in [6, 6.07) is 10.1. The third-order valence-corrected chi connectivity index (χ3v) is 6.58. The molecule has 1 N–H and O–H groups in total. The first-order valence-corrected chi connectivity index (χ1v) is 11.0. The van der Waals surface area contributed by atoms with Crippen molar-refractivity contribution < 1.29 is 22.7 Å². The molecule has 0 atom stereocenters. The van der Waals surface area contributed by atoms with Gasteiger partial charge in [0, 0.05) is 28.8 Å². The zero-order valence-corrected chi connectivity index (χ0v) is 17.6. The first kappa shape index (κ1) is 21.6. The largest absolute Gasteiger partial charge is 0.452 e. The van der Waals surface area contributed by atoms with Gasteiger partial charge in [-0.05, 0) is 49.2 Å². The topological polar surface area (TPSA) is 92.8 Å². The number of nitrogens with zero attached hydrogens (tertiary/aromatic N) is 1. The number of carbonyl (C=O) groups excluding carboxylic acids is 2. The van der Waals surface area contributed by atoms with E-state index in [4.69, 9.17) is 27.9 Å². The van der Waals surface area contributed by atoms with Crippen molar-refractivity contribution in [1.29, 1.82) is 0 Å². The van der Waals surface area contributed by atoms with E-state index in [1.54, 1.807) is 0 Å². The molecule has 1 fully saturated rings. The van der Waals surface area contributed by atoms with Crippen LogP contribution in [0.2, 0.25) is 10.0 Å². The summed E-state index contributed by atoms with van der Waals surface area (Å²) in [6.07, 6.45) is 1.63. The lowest BCUT2D eigenvalue weighted by Gasteiger charge is -2.15. The first-order chi connectivity index (χ1) is 13.8. The van der Waals surface area contributed by atoms with Gasteiger partial charge in [-0.25, -0.2) is 13.2 Å². The Morgan fingerprint density at radius 3 is 2.34 bits per heavy atom. The molecule has 1 heterocycles. The minimum atomic E-state index is -3.65. The average molecular weight is 457 g/mol. The fourth-order valence-corrected chi connectivity index (χ4v) is 4.99. The quantitative estimate of drug-likeness (QED) is 0.670. The molecular weight excluding hydrogens is 439 g/mol. The van der Waals surface area contributed by atoms with Crippen LogP contribution in [0.4, 0.5) is 5.69 Å². The number of hydrogen-bond acceptors (Lipinski definition) is 5. The molecule has 29 heavy (non-hydrogen) atoms. The molecule has 0 saturated carbocycles. The number of halogens is 2. The molecule has 2 aromatic carbocycles. The van der Waals surface area contributed by atoms with E-state index >= 15 is 0 Å². The van der Waals surface area contributed by atoms with Crippen LogP contribution in [0, 0.1) is 0 Å². The normalized spacial score (nSPS) is 14.6.